The largest absolute Gasteiger partial charge is 0.481 e. The number of likely N-dealkylation sites (tertiary alicyclic amines) is 1. The van der Waals surface area contributed by atoms with Gasteiger partial charge in [-0.25, -0.2) is 0 Å². The quantitative estimate of drug-likeness (QED) is 0.290. The third-order valence-corrected chi connectivity index (χ3v) is 7.46. The Hall–Kier alpha value is -3.00. The van der Waals surface area contributed by atoms with Crippen molar-refractivity contribution in [2.75, 3.05) is 13.6 Å². The van der Waals surface area contributed by atoms with Gasteiger partial charge in [0.25, 0.3) is 0 Å². The minimum Gasteiger partial charge on any atom is -0.481 e. The average molecular weight is 453 g/mol. The molecule has 5 atom stereocenters. The van der Waals surface area contributed by atoms with E-state index in [1.165, 1.54) is 19.4 Å². The highest BCUT2D eigenvalue weighted by molar-refractivity contribution is 6.18. The molecule has 1 spiro atoms. The first-order valence-corrected chi connectivity index (χ1v) is 11.3. The van der Waals surface area contributed by atoms with E-state index < -0.39 is 6.10 Å². The van der Waals surface area contributed by atoms with Crippen LogP contribution in [0.4, 0.5) is 0 Å². The third-order valence-electron chi connectivity index (χ3n) is 7.46. The second kappa shape index (κ2) is 7.80. The summed E-state index contributed by atoms with van der Waals surface area (Å²) in [5.41, 5.74) is 2.15. The number of piperidine rings is 1. The molecule has 2 heterocycles. The molecule has 5 aliphatic rings. The summed E-state index contributed by atoms with van der Waals surface area (Å²) in [5, 5.41) is 0. The number of carbonyl (C=O) groups excluding carboxylic acids is 4. The number of likely N-dealkylation sites (N-methyl/N-ethyl adjacent to an activating group) is 1. The molecule has 0 radical (unpaired) electrons. The van der Waals surface area contributed by atoms with Crippen molar-refractivity contribution in [3.63, 3.8) is 0 Å². The van der Waals surface area contributed by atoms with Gasteiger partial charge in [-0.2, -0.15) is 0 Å². The Morgan fingerprint density at radius 1 is 1.09 bits per heavy atom. The summed E-state index contributed by atoms with van der Waals surface area (Å²) in [5.74, 6) is 0.879. The second-order valence-corrected chi connectivity index (χ2v) is 9.52. The van der Waals surface area contributed by atoms with Crippen molar-refractivity contribution in [2.24, 2.45) is 5.92 Å². The van der Waals surface area contributed by atoms with Crippen molar-refractivity contribution in [3.8, 4) is 11.5 Å². The molecule has 2 bridgehead atoms. The molecular weight excluding hydrogens is 426 g/mol. The minimum absolute atomic E-state index is 0.0833. The van der Waals surface area contributed by atoms with Gasteiger partial charge in [0, 0.05) is 36.8 Å². The highest BCUT2D eigenvalue weighted by atomic mass is 16.6. The van der Waals surface area contributed by atoms with Crippen molar-refractivity contribution in [2.45, 2.75) is 63.2 Å². The Balaban J connectivity index is 0.000000332. The first-order valence-electron chi connectivity index (χ1n) is 11.3. The fourth-order valence-electron chi connectivity index (χ4n) is 6.13. The molecule has 1 saturated carbocycles. The van der Waals surface area contributed by atoms with Crippen molar-refractivity contribution in [3.05, 3.63) is 35.4 Å². The number of ketones is 2. The van der Waals surface area contributed by atoms with Gasteiger partial charge in [-0.05, 0) is 44.1 Å². The Bertz CT molecular complexity index is 1070. The molecule has 1 aromatic rings. The fourth-order valence-corrected chi connectivity index (χ4v) is 6.13. The highest BCUT2D eigenvalue weighted by Gasteiger charge is 2.65. The molecule has 2 aliphatic heterocycles. The molecule has 8 heteroatoms. The van der Waals surface area contributed by atoms with E-state index >= 15 is 0 Å². The van der Waals surface area contributed by atoms with E-state index in [0.29, 0.717) is 17.5 Å². The van der Waals surface area contributed by atoms with Crippen LogP contribution >= 0.6 is 0 Å². The van der Waals surface area contributed by atoms with Gasteiger partial charge in [0.15, 0.2) is 17.6 Å². The summed E-state index contributed by atoms with van der Waals surface area (Å²) in [7, 11) is 2.17. The van der Waals surface area contributed by atoms with E-state index in [-0.39, 0.29) is 53.8 Å². The molecule has 174 valence electrons. The Morgan fingerprint density at radius 3 is 2.42 bits per heavy atom. The van der Waals surface area contributed by atoms with Crippen LogP contribution in [-0.2, 0) is 35.8 Å². The van der Waals surface area contributed by atoms with Gasteiger partial charge >= 0.3 is 11.9 Å². The zero-order valence-electron chi connectivity index (χ0n) is 19.0. The monoisotopic (exact) mass is 453 g/mol. The normalized spacial score (nSPS) is 32.6. The molecule has 1 saturated heterocycles. The van der Waals surface area contributed by atoms with Gasteiger partial charge < -0.3 is 19.1 Å². The lowest BCUT2D eigenvalue weighted by molar-refractivity contribution is -0.152. The third kappa shape index (κ3) is 3.39. The summed E-state index contributed by atoms with van der Waals surface area (Å²) in [4.78, 5) is 45.5. The standard InChI is InChI=1S/C21H23NO5.C4H4O2/c1-11(23)25-16-6-4-13-10-15-14-5-7-17(26-12(2)24)20-21(14,8-9-22(15)3)18(13)19(16)27-20;5-3-1-4(6)2-3/h4-7,14-15,17,20H,8-10H2,1-3H3;1-2H2/t14-,15+,17-,20-,21-;/m0./s1. The molecule has 6 rings (SSSR count). The van der Waals surface area contributed by atoms with Crippen LogP contribution in [0.1, 0.15) is 44.2 Å². The number of ether oxygens (including phenoxy) is 3. The number of hydrogen-bond donors (Lipinski definition) is 0. The summed E-state index contributed by atoms with van der Waals surface area (Å²) in [6.45, 7) is 3.77. The zero-order chi connectivity index (χ0) is 23.5. The molecule has 0 unspecified atom stereocenters. The molecule has 2 fully saturated rings. The number of Topliss-reactive ketones (excluding diaryl/α,β-unsaturated/α-hetero) is 2. The number of nitrogens with zero attached hydrogens (tertiary/aromatic N) is 1. The van der Waals surface area contributed by atoms with E-state index in [2.05, 4.69) is 24.1 Å². The van der Waals surface area contributed by atoms with Gasteiger partial charge in [0.1, 0.15) is 17.7 Å². The average Bonchev–Trinajstić information content (AvgIpc) is 3.07. The van der Waals surface area contributed by atoms with Gasteiger partial charge in [-0.1, -0.05) is 12.1 Å². The first-order chi connectivity index (χ1) is 15.7. The van der Waals surface area contributed by atoms with E-state index in [9.17, 15) is 19.2 Å². The maximum Gasteiger partial charge on any atom is 0.308 e. The lowest BCUT2D eigenvalue weighted by Gasteiger charge is -2.56. The van der Waals surface area contributed by atoms with Crippen LogP contribution in [-0.4, -0.2) is 60.2 Å². The summed E-state index contributed by atoms with van der Waals surface area (Å²) < 4.78 is 17.5. The van der Waals surface area contributed by atoms with E-state index in [1.54, 1.807) is 0 Å². The van der Waals surface area contributed by atoms with Crippen molar-refractivity contribution >= 4 is 23.5 Å². The van der Waals surface area contributed by atoms with E-state index in [0.717, 1.165) is 24.9 Å². The van der Waals surface area contributed by atoms with E-state index in [4.69, 9.17) is 14.2 Å². The summed E-state index contributed by atoms with van der Waals surface area (Å²) in [6, 6.07) is 4.28. The number of benzene rings is 1. The molecule has 0 N–H and O–H groups in total. The van der Waals surface area contributed by atoms with Gasteiger partial charge in [0.05, 0.1) is 12.8 Å². The van der Waals surface area contributed by atoms with Crippen LogP contribution in [0.5, 0.6) is 11.5 Å². The number of hydrogen-bond acceptors (Lipinski definition) is 8. The maximum absolute atomic E-state index is 11.7. The molecule has 0 aromatic heterocycles. The topological polar surface area (TPSA) is 99.2 Å². The van der Waals surface area contributed by atoms with Crippen molar-refractivity contribution in [1.82, 2.24) is 4.90 Å². The van der Waals surface area contributed by atoms with Gasteiger partial charge in [0.2, 0.25) is 0 Å². The summed E-state index contributed by atoms with van der Waals surface area (Å²) >= 11 is 0. The fraction of sp³-hybridized carbons (Fsp3) is 0.520. The van der Waals surface area contributed by atoms with Crippen LogP contribution < -0.4 is 9.47 Å². The van der Waals surface area contributed by atoms with Crippen LogP contribution in [0.3, 0.4) is 0 Å². The van der Waals surface area contributed by atoms with Crippen LogP contribution in [0.15, 0.2) is 24.3 Å². The number of esters is 2. The maximum atomic E-state index is 11.7. The minimum atomic E-state index is -0.439. The van der Waals surface area contributed by atoms with Gasteiger partial charge in [-0.15, -0.1) is 0 Å². The second-order valence-electron chi connectivity index (χ2n) is 9.52. The van der Waals surface area contributed by atoms with Crippen LogP contribution in [0, 0.1) is 5.92 Å². The lowest BCUT2D eigenvalue weighted by Crippen LogP contribution is -2.65. The van der Waals surface area contributed by atoms with Crippen LogP contribution in [0.2, 0.25) is 0 Å². The Kier molecular flexibility index (Phi) is 5.16. The number of rotatable bonds is 2. The lowest BCUT2D eigenvalue weighted by atomic mass is 9.53. The Labute approximate surface area is 191 Å². The van der Waals surface area contributed by atoms with Crippen LogP contribution in [0.25, 0.3) is 0 Å². The smallest absolute Gasteiger partial charge is 0.308 e. The van der Waals surface area contributed by atoms with Gasteiger partial charge in [-0.3, -0.25) is 19.2 Å². The molecular formula is C25H27NO7. The molecule has 1 aromatic carbocycles. The summed E-state index contributed by atoms with van der Waals surface area (Å²) in [6.07, 6.45) is 5.70. The predicted octanol–water partition coefficient (Wildman–Crippen LogP) is 1.91. The van der Waals surface area contributed by atoms with Crippen molar-refractivity contribution < 1.29 is 33.4 Å². The molecule has 8 nitrogen and oxygen atoms in total. The SMILES string of the molecule is CC(=O)Oc1ccc2c3c1O[C@H]1[C@@H](OC(C)=O)C=C[C@H]4[C@@H](C2)N(C)CC[C@@]341.O=C1CC(=O)C1. The molecule has 33 heavy (non-hydrogen) atoms. The van der Waals surface area contributed by atoms with Crippen molar-refractivity contribution in [1.29, 1.82) is 0 Å². The highest BCUT2D eigenvalue weighted by Crippen LogP contribution is 2.62. The number of carbonyl (C=O) groups is 4. The zero-order valence-corrected chi connectivity index (χ0v) is 19.0. The Morgan fingerprint density at radius 2 is 1.82 bits per heavy atom. The molecule has 3 aliphatic carbocycles. The first kappa shape index (κ1) is 21.8. The predicted molar refractivity (Wildman–Crippen MR) is 116 cm³/mol. The molecule has 0 amide bonds. The van der Waals surface area contributed by atoms with E-state index in [1.807, 2.05) is 12.1 Å².